The number of hydrogen-bond acceptors (Lipinski definition) is 2. The molecule has 88 valence electrons. The van der Waals surface area contributed by atoms with Crippen LogP contribution in [0.4, 0.5) is 0 Å². The Morgan fingerprint density at radius 2 is 1.69 bits per heavy atom. The molecule has 2 nitrogen and oxygen atoms in total. The molecule has 2 fully saturated rings. The third-order valence-corrected chi connectivity index (χ3v) is 3.56. The van der Waals surface area contributed by atoms with Crippen LogP contribution in [0.3, 0.4) is 0 Å². The standard InChI is InChI=1S/C13H17NO.ClH/c1-2-4-11(5-3-1)6-14-7-12-9-15-10-13(12)8-14;/h1-5,12-13H,6-10H2;1H. The highest BCUT2D eigenvalue weighted by atomic mass is 35.5. The van der Waals surface area contributed by atoms with E-state index in [0.717, 1.165) is 31.6 Å². The topological polar surface area (TPSA) is 12.5 Å². The van der Waals surface area contributed by atoms with Gasteiger partial charge in [-0.3, -0.25) is 4.90 Å². The minimum absolute atomic E-state index is 0. The van der Waals surface area contributed by atoms with E-state index in [-0.39, 0.29) is 12.4 Å². The molecular formula is C13H18ClNO. The van der Waals surface area contributed by atoms with Crippen molar-refractivity contribution in [3.8, 4) is 0 Å². The fraction of sp³-hybridized carbons (Fsp3) is 0.538. The van der Waals surface area contributed by atoms with Gasteiger partial charge in [0.1, 0.15) is 0 Å². The van der Waals surface area contributed by atoms with Gasteiger partial charge in [-0.25, -0.2) is 0 Å². The van der Waals surface area contributed by atoms with Gasteiger partial charge in [0.25, 0.3) is 0 Å². The van der Waals surface area contributed by atoms with Crippen LogP contribution in [0.2, 0.25) is 0 Å². The van der Waals surface area contributed by atoms with Crippen LogP contribution in [-0.2, 0) is 11.3 Å². The molecule has 0 aliphatic carbocycles. The van der Waals surface area contributed by atoms with Gasteiger partial charge in [0.2, 0.25) is 0 Å². The molecule has 1 aromatic rings. The van der Waals surface area contributed by atoms with E-state index in [2.05, 4.69) is 35.2 Å². The van der Waals surface area contributed by atoms with Crippen LogP contribution in [-0.4, -0.2) is 31.2 Å². The van der Waals surface area contributed by atoms with E-state index in [1.165, 1.54) is 18.7 Å². The monoisotopic (exact) mass is 239 g/mol. The van der Waals surface area contributed by atoms with Crippen molar-refractivity contribution in [2.24, 2.45) is 11.8 Å². The Hall–Kier alpha value is -0.570. The Balaban J connectivity index is 0.000000963. The van der Waals surface area contributed by atoms with Gasteiger partial charge < -0.3 is 4.74 Å². The van der Waals surface area contributed by atoms with Crippen LogP contribution >= 0.6 is 12.4 Å². The summed E-state index contributed by atoms with van der Waals surface area (Å²) >= 11 is 0. The second kappa shape index (κ2) is 5.17. The first-order chi connectivity index (χ1) is 7.42. The van der Waals surface area contributed by atoms with E-state index in [4.69, 9.17) is 4.74 Å². The second-order valence-corrected chi connectivity index (χ2v) is 4.74. The zero-order valence-corrected chi connectivity index (χ0v) is 10.2. The van der Waals surface area contributed by atoms with Crippen molar-refractivity contribution in [2.45, 2.75) is 6.54 Å². The summed E-state index contributed by atoms with van der Waals surface area (Å²) in [5.74, 6) is 1.60. The number of rotatable bonds is 2. The molecule has 2 unspecified atom stereocenters. The molecule has 0 spiro atoms. The normalized spacial score (nSPS) is 28.8. The summed E-state index contributed by atoms with van der Waals surface area (Å²) in [5, 5.41) is 0. The average Bonchev–Trinajstić information content (AvgIpc) is 2.79. The van der Waals surface area contributed by atoms with E-state index in [1.54, 1.807) is 0 Å². The first kappa shape index (κ1) is 11.9. The summed E-state index contributed by atoms with van der Waals surface area (Å²) in [6.07, 6.45) is 0. The highest BCUT2D eigenvalue weighted by molar-refractivity contribution is 5.85. The summed E-state index contributed by atoms with van der Waals surface area (Å²) in [6, 6.07) is 10.7. The van der Waals surface area contributed by atoms with Gasteiger partial charge in [0.05, 0.1) is 13.2 Å². The van der Waals surface area contributed by atoms with E-state index < -0.39 is 0 Å². The lowest BCUT2D eigenvalue weighted by atomic mass is 10.0. The van der Waals surface area contributed by atoms with Gasteiger partial charge >= 0.3 is 0 Å². The number of likely N-dealkylation sites (tertiary alicyclic amines) is 1. The summed E-state index contributed by atoms with van der Waals surface area (Å²) in [5.41, 5.74) is 1.43. The van der Waals surface area contributed by atoms with Crippen LogP contribution < -0.4 is 0 Å². The third-order valence-electron chi connectivity index (χ3n) is 3.56. The van der Waals surface area contributed by atoms with E-state index >= 15 is 0 Å². The molecule has 2 aliphatic heterocycles. The molecule has 0 bridgehead atoms. The average molecular weight is 240 g/mol. The van der Waals surface area contributed by atoms with Gasteiger partial charge in [0.15, 0.2) is 0 Å². The van der Waals surface area contributed by atoms with Crippen molar-refractivity contribution in [1.29, 1.82) is 0 Å². The van der Waals surface area contributed by atoms with Crippen LogP contribution in [0.5, 0.6) is 0 Å². The molecule has 0 saturated carbocycles. The van der Waals surface area contributed by atoms with Gasteiger partial charge in [0, 0.05) is 31.5 Å². The van der Waals surface area contributed by atoms with Crippen LogP contribution in [0, 0.1) is 11.8 Å². The minimum atomic E-state index is 0. The third kappa shape index (κ3) is 2.40. The Morgan fingerprint density at radius 1 is 1.06 bits per heavy atom. The predicted octanol–water partition coefficient (Wildman–Crippen LogP) is 2.19. The Labute approximate surface area is 103 Å². The van der Waals surface area contributed by atoms with Crippen molar-refractivity contribution < 1.29 is 4.74 Å². The van der Waals surface area contributed by atoms with Crippen LogP contribution in [0.25, 0.3) is 0 Å². The lowest BCUT2D eigenvalue weighted by molar-refractivity contribution is 0.153. The van der Waals surface area contributed by atoms with Crippen molar-refractivity contribution in [3.63, 3.8) is 0 Å². The molecule has 3 rings (SSSR count). The molecule has 0 amide bonds. The quantitative estimate of drug-likeness (QED) is 0.785. The molecule has 0 N–H and O–H groups in total. The van der Waals surface area contributed by atoms with Crippen molar-refractivity contribution >= 4 is 12.4 Å². The summed E-state index contributed by atoms with van der Waals surface area (Å²) in [7, 11) is 0. The zero-order valence-electron chi connectivity index (χ0n) is 9.34. The highest BCUT2D eigenvalue weighted by Crippen LogP contribution is 2.29. The Kier molecular flexibility index (Phi) is 3.85. The Bertz CT molecular complexity index is 318. The highest BCUT2D eigenvalue weighted by Gasteiger charge is 2.36. The van der Waals surface area contributed by atoms with E-state index in [0.29, 0.717) is 0 Å². The minimum Gasteiger partial charge on any atom is -0.381 e. The second-order valence-electron chi connectivity index (χ2n) is 4.74. The maximum Gasteiger partial charge on any atom is 0.0510 e. The number of halogens is 1. The first-order valence-corrected chi connectivity index (χ1v) is 5.76. The fourth-order valence-corrected chi connectivity index (χ4v) is 2.76. The molecule has 3 heteroatoms. The van der Waals surface area contributed by atoms with Gasteiger partial charge in [-0.05, 0) is 5.56 Å². The molecule has 2 saturated heterocycles. The number of hydrogen-bond donors (Lipinski definition) is 0. The lowest BCUT2D eigenvalue weighted by Crippen LogP contribution is -2.22. The fourth-order valence-electron chi connectivity index (χ4n) is 2.76. The van der Waals surface area contributed by atoms with E-state index in [1.807, 2.05) is 0 Å². The smallest absolute Gasteiger partial charge is 0.0510 e. The zero-order chi connectivity index (χ0) is 10.1. The van der Waals surface area contributed by atoms with Gasteiger partial charge in [-0.1, -0.05) is 30.3 Å². The summed E-state index contributed by atoms with van der Waals surface area (Å²) in [4.78, 5) is 2.56. The Morgan fingerprint density at radius 3 is 2.31 bits per heavy atom. The molecule has 0 radical (unpaired) electrons. The van der Waals surface area contributed by atoms with Crippen LogP contribution in [0.15, 0.2) is 30.3 Å². The SMILES string of the molecule is Cl.c1ccc(CN2CC3COCC3C2)cc1. The molecule has 2 atom stereocenters. The summed E-state index contributed by atoms with van der Waals surface area (Å²) in [6.45, 7) is 5.51. The number of nitrogens with zero attached hydrogens (tertiary/aromatic N) is 1. The molecule has 2 heterocycles. The predicted molar refractivity (Wildman–Crippen MR) is 66.8 cm³/mol. The largest absolute Gasteiger partial charge is 0.381 e. The molecular weight excluding hydrogens is 222 g/mol. The first-order valence-electron chi connectivity index (χ1n) is 5.76. The molecule has 16 heavy (non-hydrogen) atoms. The van der Waals surface area contributed by atoms with Gasteiger partial charge in [-0.2, -0.15) is 0 Å². The number of ether oxygens (including phenoxy) is 1. The van der Waals surface area contributed by atoms with Crippen LogP contribution in [0.1, 0.15) is 5.56 Å². The lowest BCUT2D eigenvalue weighted by Gasteiger charge is -2.16. The maximum atomic E-state index is 5.48. The van der Waals surface area contributed by atoms with Crippen molar-refractivity contribution in [3.05, 3.63) is 35.9 Å². The van der Waals surface area contributed by atoms with Gasteiger partial charge in [-0.15, -0.1) is 12.4 Å². The van der Waals surface area contributed by atoms with Crippen molar-refractivity contribution in [1.82, 2.24) is 4.90 Å². The van der Waals surface area contributed by atoms with E-state index in [9.17, 15) is 0 Å². The summed E-state index contributed by atoms with van der Waals surface area (Å²) < 4.78 is 5.48. The molecule has 0 aromatic heterocycles. The molecule has 2 aliphatic rings. The molecule has 1 aromatic carbocycles. The van der Waals surface area contributed by atoms with Crippen molar-refractivity contribution in [2.75, 3.05) is 26.3 Å². The maximum absolute atomic E-state index is 5.48. The number of fused-ring (bicyclic) bond motifs is 1. The number of benzene rings is 1.